The molecule has 0 saturated carbocycles. The zero-order valence-corrected chi connectivity index (χ0v) is 14.1. The number of carbonyl (C=O) groups excluding carboxylic acids is 2. The highest BCUT2D eigenvalue weighted by molar-refractivity contribution is 5.88. The minimum absolute atomic E-state index is 0.00352. The lowest BCUT2D eigenvalue weighted by Gasteiger charge is -2.33. The summed E-state index contributed by atoms with van der Waals surface area (Å²) in [6.07, 6.45) is 1.72. The Morgan fingerprint density at radius 1 is 1.25 bits per heavy atom. The van der Waals surface area contributed by atoms with Gasteiger partial charge >= 0.3 is 5.97 Å². The first-order valence-electron chi connectivity index (χ1n) is 8.17. The van der Waals surface area contributed by atoms with Crippen molar-refractivity contribution in [3.63, 3.8) is 0 Å². The summed E-state index contributed by atoms with van der Waals surface area (Å²) in [4.78, 5) is 37.6. The number of rotatable bonds is 5. The third kappa shape index (κ3) is 4.57. The topological polar surface area (TPSA) is 86.7 Å². The quantitative estimate of drug-likeness (QED) is 0.854. The molecule has 1 aliphatic rings. The predicted octanol–water partition coefficient (Wildman–Crippen LogP) is 1.45. The van der Waals surface area contributed by atoms with Crippen LogP contribution < -0.4 is 5.32 Å². The predicted molar refractivity (Wildman–Crippen MR) is 89.3 cm³/mol. The van der Waals surface area contributed by atoms with Crippen molar-refractivity contribution in [2.24, 2.45) is 5.92 Å². The normalized spacial score (nSPS) is 18.1. The van der Waals surface area contributed by atoms with Crippen molar-refractivity contribution in [2.45, 2.75) is 38.6 Å². The molecule has 1 aliphatic heterocycles. The van der Waals surface area contributed by atoms with Gasteiger partial charge in [0.15, 0.2) is 0 Å². The maximum atomic E-state index is 12.4. The van der Waals surface area contributed by atoms with Crippen molar-refractivity contribution in [1.82, 2.24) is 10.2 Å². The SMILES string of the molecule is CC(C)(NC(=O)C1CCCN(C(=O)Cc2ccccc2)C1)C(=O)O. The number of aliphatic carboxylic acids is 1. The second-order valence-corrected chi connectivity index (χ2v) is 6.76. The molecule has 2 amide bonds. The molecule has 130 valence electrons. The molecule has 24 heavy (non-hydrogen) atoms. The summed E-state index contributed by atoms with van der Waals surface area (Å²) in [5.41, 5.74) is -0.367. The van der Waals surface area contributed by atoms with Crippen LogP contribution in [0.1, 0.15) is 32.3 Å². The van der Waals surface area contributed by atoms with Crippen molar-refractivity contribution in [1.29, 1.82) is 0 Å². The van der Waals surface area contributed by atoms with Gasteiger partial charge in [-0.25, -0.2) is 4.79 Å². The standard InChI is InChI=1S/C18H24N2O4/c1-18(2,17(23)24)19-16(22)14-9-6-10-20(12-14)15(21)11-13-7-4-3-5-8-13/h3-5,7-8,14H,6,9-12H2,1-2H3,(H,19,22)(H,23,24). The molecule has 1 heterocycles. The Hall–Kier alpha value is -2.37. The van der Waals surface area contributed by atoms with Gasteiger partial charge < -0.3 is 15.3 Å². The number of nitrogens with zero attached hydrogens (tertiary/aromatic N) is 1. The van der Waals surface area contributed by atoms with Crippen LogP contribution in [0.2, 0.25) is 0 Å². The highest BCUT2D eigenvalue weighted by Crippen LogP contribution is 2.19. The molecule has 0 aliphatic carbocycles. The molecule has 2 rings (SSSR count). The molecule has 0 bridgehead atoms. The Bertz CT molecular complexity index is 613. The zero-order valence-electron chi connectivity index (χ0n) is 14.1. The van der Waals surface area contributed by atoms with E-state index in [0.29, 0.717) is 25.9 Å². The number of hydrogen-bond acceptors (Lipinski definition) is 3. The third-order valence-corrected chi connectivity index (χ3v) is 4.31. The summed E-state index contributed by atoms with van der Waals surface area (Å²) < 4.78 is 0. The van der Waals surface area contributed by atoms with E-state index in [2.05, 4.69) is 5.32 Å². The van der Waals surface area contributed by atoms with Crippen LogP contribution in [-0.2, 0) is 20.8 Å². The van der Waals surface area contributed by atoms with Crippen molar-refractivity contribution < 1.29 is 19.5 Å². The number of benzene rings is 1. The molecule has 0 aromatic heterocycles. The molecule has 1 fully saturated rings. The van der Waals surface area contributed by atoms with E-state index in [1.54, 1.807) is 4.90 Å². The van der Waals surface area contributed by atoms with Gasteiger partial charge in [0.2, 0.25) is 11.8 Å². The van der Waals surface area contributed by atoms with E-state index >= 15 is 0 Å². The Labute approximate surface area is 141 Å². The summed E-state index contributed by atoms with van der Waals surface area (Å²) in [6.45, 7) is 3.88. The number of carboxylic acid groups (broad SMARTS) is 1. The summed E-state index contributed by atoms with van der Waals surface area (Å²) in [5, 5.41) is 11.7. The number of carbonyl (C=O) groups is 3. The first-order valence-corrected chi connectivity index (χ1v) is 8.17. The van der Waals surface area contributed by atoms with Crippen LogP contribution in [0.5, 0.6) is 0 Å². The molecule has 1 aromatic carbocycles. The monoisotopic (exact) mass is 332 g/mol. The number of hydrogen-bond donors (Lipinski definition) is 2. The van der Waals surface area contributed by atoms with E-state index in [-0.39, 0.29) is 17.7 Å². The first kappa shape index (κ1) is 18.0. The van der Waals surface area contributed by atoms with Crippen LogP contribution in [0.3, 0.4) is 0 Å². The molecule has 1 unspecified atom stereocenters. The molecule has 1 atom stereocenters. The lowest BCUT2D eigenvalue weighted by molar-refractivity contribution is -0.147. The number of piperidine rings is 1. The molecule has 1 saturated heterocycles. The van der Waals surface area contributed by atoms with Crippen LogP contribution in [-0.4, -0.2) is 46.4 Å². The second kappa shape index (κ2) is 7.47. The van der Waals surface area contributed by atoms with Gasteiger partial charge in [-0.15, -0.1) is 0 Å². The average molecular weight is 332 g/mol. The van der Waals surface area contributed by atoms with Gasteiger partial charge in [-0.05, 0) is 32.3 Å². The third-order valence-electron chi connectivity index (χ3n) is 4.31. The van der Waals surface area contributed by atoms with E-state index < -0.39 is 11.5 Å². The molecular formula is C18H24N2O4. The van der Waals surface area contributed by atoms with Crippen LogP contribution in [0.25, 0.3) is 0 Å². The van der Waals surface area contributed by atoms with Crippen molar-refractivity contribution >= 4 is 17.8 Å². The largest absolute Gasteiger partial charge is 0.480 e. The highest BCUT2D eigenvalue weighted by atomic mass is 16.4. The Morgan fingerprint density at radius 3 is 2.54 bits per heavy atom. The van der Waals surface area contributed by atoms with E-state index in [0.717, 1.165) is 12.0 Å². The highest BCUT2D eigenvalue weighted by Gasteiger charge is 2.34. The smallest absolute Gasteiger partial charge is 0.328 e. The minimum Gasteiger partial charge on any atom is -0.480 e. The fourth-order valence-corrected chi connectivity index (χ4v) is 2.76. The number of nitrogens with one attached hydrogen (secondary N) is 1. The molecular weight excluding hydrogens is 308 g/mol. The summed E-state index contributed by atoms with van der Waals surface area (Å²) in [6, 6.07) is 9.49. The Balaban J connectivity index is 1.95. The van der Waals surface area contributed by atoms with E-state index in [9.17, 15) is 14.4 Å². The van der Waals surface area contributed by atoms with Gasteiger partial charge in [0.1, 0.15) is 5.54 Å². The second-order valence-electron chi connectivity index (χ2n) is 6.76. The Kier molecular flexibility index (Phi) is 5.59. The number of amides is 2. The minimum atomic E-state index is -1.31. The zero-order chi connectivity index (χ0) is 17.7. The average Bonchev–Trinajstić information content (AvgIpc) is 2.55. The molecule has 6 nitrogen and oxygen atoms in total. The summed E-state index contributed by atoms with van der Waals surface area (Å²) in [5.74, 6) is -1.75. The van der Waals surface area contributed by atoms with Crippen LogP contribution in [0.4, 0.5) is 0 Å². The van der Waals surface area contributed by atoms with E-state index in [1.165, 1.54) is 13.8 Å². The fraction of sp³-hybridized carbons (Fsp3) is 0.500. The van der Waals surface area contributed by atoms with Gasteiger partial charge in [0, 0.05) is 13.1 Å². The van der Waals surface area contributed by atoms with Gasteiger partial charge in [0.05, 0.1) is 12.3 Å². The van der Waals surface area contributed by atoms with E-state index in [4.69, 9.17) is 5.11 Å². The van der Waals surface area contributed by atoms with Crippen molar-refractivity contribution in [3.8, 4) is 0 Å². The number of likely N-dealkylation sites (tertiary alicyclic amines) is 1. The van der Waals surface area contributed by atoms with Gasteiger partial charge in [-0.1, -0.05) is 30.3 Å². The van der Waals surface area contributed by atoms with Crippen LogP contribution in [0, 0.1) is 5.92 Å². The lowest BCUT2D eigenvalue weighted by atomic mass is 9.94. The summed E-state index contributed by atoms with van der Waals surface area (Å²) >= 11 is 0. The number of carboxylic acids is 1. The molecule has 2 N–H and O–H groups in total. The maximum Gasteiger partial charge on any atom is 0.328 e. The lowest BCUT2D eigenvalue weighted by Crippen LogP contribution is -2.54. The molecule has 6 heteroatoms. The van der Waals surface area contributed by atoms with Gasteiger partial charge in [0.25, 0.3) is 0 Å². The fourth-order valence-electron chi connectivity index (χ4n) is 2.76. The Morgan fingerprint density at radius 2 is 1.92 bits per heavy atom. The summed E-state index contributed by atoms with van der Waals surface area (Å²) in [7, 11) is 0. The maximum absolute atomic E-state index is 12.4. The van der Waals surface area contributed by atoms with Crippen LogP contribution in [0.15, 0.2) is 30.3 Å². The van der Waals surface area contributed by atoms with Gasteiger partial charge in [-0.2, -0.15) is 0 Å². The molecule has 1 aromatic rings. The van der Waals surface area contributed by atoms with Crippen molar-refractivity contribution in [2.75, 3.05) is 13.1 Å². The van der Waals surface area contributed by atoms with Gasteiger partial charge in [-0.3, -0.25) is 9.59 Å². The van der Waals surface area contributed by atoms with E-state index in [1.807, 2.05) is 30.3 Å². The van der Waals surface area contributed by atoms with Crippen molar-refractivity contribution in [3.05, 3.63) is 35.9 Å². The first-order chi connectivity index (χ1) is 11.3. The van der Waals surface area contributed by atoms with Crippen LogP contribution >= 0.6 is 0 Å². The molecule has 0 spiro atoms. The molecule has 0 radical (unpaired) electrons.